The second-order valence-electron chi connectivity index (χ2n) is 4.88. The van der Waals surface area contributed by atoms with E-state index in [1.165, 1.54) is 4.90 Å². The maximum Gasteiger partial charge on any atom is 0.276 e. The van der Waals surface area contributed by atoms with Gasteiger partial charge in [0.25, 0.3) is 5.91 Å². The highest BCUT2D eigenvalue weighted by molar-refractivity contribution is 9.10. The highest BCUT2D eigenvalue weighted by Gasteiger charge is 2.27. The number of nitrogens with zero attached hydrogens (tertiary/aromatic N) is 1. The Morgan fingerprint density at radius 2 is 2.13 bits per heavy atom. The molecule has 0 spiro atoms. The lowest BCUT2D eigenvalue weighted by molar-refractivity contribution is -0.121. The maximum atomic E-state index is 11.9. The van der Waals surface area contributed by atoms with Crippen LogP contribution in [0.25, 0.3) is 6.08 Å². The summed E-state index contributed by atoms with van der Waals surface area (Å²) in [5.74, 6) is 1.78. The summed E-state index contributed by atoms with van der Waals surface area (Å²) < 4.78 is 12.2. The normalized spacial score (nSPS) is 16.1. The Morgan fingerprint density at radius 3 is 2.83 bits per heavy atom. The molecule has 1 aromatic heterocycles. The van der Waals surface area contributed by atoms with Gasteiger partial charge in [-0.3, -0.25) is 9.69 Å². The number of likely N-dealkylation sites (N-methyl/N-ethyl adjacent to an activating group) is 1. The molecule has 0 radical (unpaired) electrons. The predicted molar refractivity (Wildman–Crippen MR) is 93.7 cm³/mol. The Kier molecular flexibility index (Phi) is 4.49. The first-order valence-corrected chi connectivity index (χ1v) is 8.01. The van der Waals surface area contributed by atoms with Crippen molar-refractivity contribution in [1.82, 2.24) is 10.2 Å². The summed E-state index contributed by atoms with van der Waals surface area (Å²) in [4.78, 5) is 13.3. The number of ether oxygens (including phenoxy) is 1. The van der Waals surface area contributed by atoms with Crippen LogP contribution in [0.5, 0.6) is 5.75 Å². The van der Waals surface area contributed by atoms with Crippen LogP contribution < -0.4 is 10.1 Å². The van der Waals surface area contributed by atoms with Crippen LogP contribution in [0.15, 0.2) is 51.0 Å². The fraction of sp³-hybridized carbons (Fsp3) is 0.125. The molecule has 7 heteroatoms. The molecule has 0 atom stereocenters. The lowest BCUT2D eigenvalue weighted by Crippen LogP contribution is -2.25. The predicted octanol–water partition coefficient (Wildman–Crippen LogP) is 3.31. The van der Waals surface area contributed by atoms with E-state index in [1.54, 1.807) is 19.2 Å². The van der Waals surface area contributed by atoms with Crippen molar-refractivity contribution in [3.8, 4) is 5.75 Å². The first-order valence-electron chi connectivity index (χ1n) is 6.81. The Labute approximate surface area is 147 Å². The lowest BCUT2D eigenvalue weighted by Gasteiger charge is -2.05. The van der Waals surface area contributed by atoms with Crippen LogP contribution in [0.3, 0.4) is 0 Å². The van der Waals surface area contributed by atoms with Gasteiger partial charge in [-0.25, -0.2) is 0 Å². The van der Waals surface area contributed by atoms with E-state index in [1.807, 2.05) is 30.3 Å². The van der Waals surface area contributed by atoms with Crippen molar-refractivity contribution in [3.05, 3.63) is 58.1 Å². The summed E-state index contributed by atoms with van der Waals surface area (Å²) in [7, 11) is 1.62. The van der Waals surface area contributed by atoms with Crippen LogP contribution in [0.1, 0.15) is 11.5 Å². The van der Waals surface area contributed by atoms with Crippen LogP contribution in [-0.4, -0.2) is 23.0 Å². The number of nitrogens with one attached hydrogen (secondary N) is 1. The molecule has 2 aromatic rings. The van der Waals surface area contributed by atoms with Crippen molar-refractivity contribution in [1.29, 1.82) is 0 Å². The van der Waals surface area contributed by atoms with Gasteiger partial charge in [0.05, 0.1) is 4.47 Å². The van der Waals surface area contributed by atoms with Gasteiger partial charge in [0, 0.05) is 13.1 Å². The smallest absolute Gasteiger partial charge is 0.276 e. The zero-order valence-corrected chi connectivity index (χ0v) is 14.6. The van der Waals surface area contributed by atoms with E-state index in [0.717, 1.165) is 10.2 Å². The highest BCUT2D eigenvalue weighted by atomic mass is 79.9. The minimum absolute atomic E-state index is 0.183. The van der Waals surface area contributed by atoms with Crippen LogP contribution in [-0.2, 0) is 11.4 Å². The summed E-state index contributed by atoms with van der Waals surface area (Å²) >= 11 is 8.45. The third kappa shape index (κ3) is 3.46. The Morgan fingerprint density at radius 1 is 1.35 bits per heavy atom. The van der Waals surface area contributed by atoms with E-state index < -0.39 is 0 Å². The minimum Gasteiger partial charge on any atom is -0.484 e. The number of amides is 1. The number of benzene rings is 1. The monoisotopic (exact) mass is 392 g/mol. The van der Waals surface area contributed by atoms with E-state index in [0.29, 0.717) is 28.9 Å². The van der Waals surface area contributed by atoms with Crippen LogP contribution in [0, 0.1) is 0 Å². The number of para-hydroxylation sites is 1. The number of furan rings is 1. The van der Waals surface area contributed by atoms with Crippen LogP contribution in [0.2, 0.25) is 0 Å². The molecule has 0 saturated carbocycles. The molecule has 2 heterocycles. The molecular formula is C16H13BrN2O3S. The summed E-state index contributed by atoms with van der Waals surface area (Å²) in [6.45, 7) is 0.297. The van der Waals surface area contributed by atoms with Gasteiger partial charge in [-0.15, -0.1) is 0 Å². The Bertz CT molecular complexity index is 800. The van der Waals surface area contributed by atoms with Gasteiger partial charge in [0.2, 0.25) is 0 Å². The molecule has 1 amide bonds. The minimum atomic E-state index is -0.183. The first-order chi connectivity index (χ1) is 11.0. The molecule has 23 heavy (non-hydrogen) atoms. The third-order valence-electron chi connectivity index (χ3n) is 3.26. The van der Waals surface area contributed by atoms with Crippen LogP contribution in [0.4, 0.5) is 0 Å². The summed E-state index contributed by atoms with van der Waals surface area (Å²) in [5, 5.41) is 3.23. The number of halogens is 1. The van der Waals surface area contributed by atoms with Gasteiger partial charge in [0.1, 0.15) is 29.6 Å². The van der Waals surface area contributed by atoms with Crippen molar-refractivity contribution < 1.29 is 13.9 Å². The molecular weight excluding hydrogens is 380 g/mol. The van der Waals surface area contributed by atoms with Crippen molar-refractivity contribution >= 4 is 45.2 Å². The van der Waals surface area contributed by atoms with Crippen molar-refractivity contribution in [2.24, 2.45) is 0 Å². The first kappa shape index (κ1) is 15.8. The Balaban J connectivity index is 1.68. The molecule has 1 aliphatic heterocycles. The molecule has 1 N–H and O–H groups in total. The van der Waals surface area contributed by atoms with E-state index in [4.69, 9.17) is 21.4 Å². The van der Waals surface area contributed by atoms with Gasteiger partial charge < -0.3 is 14.5 Å². The molecule has 0 unspecified atom stereocenters. The molecule has 118 valence electrons. The highest BCUT2D eigenvalue weighted by Crippen LogP contribution is 2.25. The number of hydrogen-bond donors (Lipinski definition) is 1. The molecule has 1 fully saturated rings. The molecule has 1 saturated heterocycles. The fourth-order valence-corrected chi connectivity index (χ4v) is 2.62. The van der Waals surface area contributed by atoms with Crippen molar-refractivity contribution in [2.45, 2.75) is 6.61 Å². The summed E-state index contributed by atoms with van der Waals surface area (Å²) in [5.41, 5.74) is 0.394. The molecule has 1 aromatic carbocycles. The van der Waals surface area contributed by atoms with E-state index in [-0.39, 0.29) is 5.91 Å². The van der Waals surface area contributed by atoms with Gasteiger partial charge >= 0.3 is 0 Å². The topological polar surface area (TPSA) is 54.7 Å². The molecule has 5 nitrogen and oxygen atoms in total. The van der Waals surface area contributed by atoms with Crippen LogP contribution >= 0.6 is 28.1 Å². The maximum absolute atomic E-state index is 11.9. The molecule has 0 aliphatic carbocycles. The summed E-state index contributed by atoms with van der Waals surface area (Å²) in [6.07, 6.45) is 1.63. The summed E-state index contributed by atoms with van der Waals surface area (Å²) in [6, 6.07) is 11.2. The average molecular weight is 393 g/mol. The quantitative estimate of drug-likeness (QED) is 0.638. The lowest BCUT2D eigenvalue weighted by atomic mass is 10.3. The zero-order valence-electron chi connectivity index (χ0n) is 12.2. The number of thiocarbonyl (C=S) groups is 1. The van der Waals surface area contributed by atoms with E-state index in [2.05, 4.69) is 21.2 Å². The average Bonchev–Trinajstić information content (AvgIpc) is 3.08. The largest absolute Gasteiger partial charge is 0.484 e. The molecule has 1 aliphatic rings. The second-order valence-corrected chi connectivity index (χ2v) is 6.12. The second kappa shape index (κ2) is 6.55. The number of hydrogen-bond acceptors (Lipinski definition) is 4. The molecule has 3 rings (SSSR count). The van der Waals surface area contributed by atoms with Gasteiger partial charge in [-0.05, 0) is 52.4 Å². The van der Waals surface area contributed by atoms with Gasteiger partial charge in [0.15, 0.2) is 5.11 Å². The number of carbonyl (C=O) groups excluding carboxylic acids is 1. The van der Waals surface area contributed by atoms with Gasteiger partial charge in [-0.2, -0.15) is 0 Å². The van der Waals surface area contributed by atoms with Crippen molar-refractivity contribution in [3.63, 3.8) is 0 Å². The SMILES string of the molecule is CN1C(=O)/C(=C\c2ccc(COc3ccccc3Br)o2)NC1=S. The molecule has 0 bridgehead atoms. The van der Waals surface area contributed by atoms with Gasteiger partial charge in [-0.1, -0.05) is 12.1 Å². The number of rotatable bonds is 4. The van der Waals surface area contributed by atoms with E-state index >= 15 is 0 Å². The Hall–Kier alpha value is -2.12. The third-order valence-corrected chi connectivity index (χ3v) is 4.29. The number of carbonyl (C=O) groups is 1. The van der Waals surface area contributed by atoms with E-state index in [9.17, 15) is 4.79 Å². The standard InChI is InChI=1S/C16H13BrN2O3S/c1-19-15(20)13(18-16(19)23)8-10-6-7-11(22-10)9-21-14-5-3-2-4-12(14)17/h2-8H,9H2,1H3,(H,18,23)/b13-8+. The van der Waals surface area contributed by atoms with Crippen molar-refractivity contribution in [2.75, 3.05) is 7.05 Å². The zero-order chi connectivity index (χ0) is 16.4. The fourth-order valence-electron chi connectivity index (χ4n) is 2.03.